The zero-order chi connectivity index (χ0) is 19.6. The number of nitrogens with one attached hydrogen (secondary N) is 1. The maximum absolute atomic E-state index is 14.5. The van der Waals surface area contributed by atoms with Gasteiger partial charge in [-0.3, -0.25) is 10.1 Å². The SMILES string of the molecule is CC1=C(C(=O)OC(C)C)[C@@H](c2ccccc2F)C([N+](=O)[O-])=C(C(C)C)N1. The molecule has 0 saturated heterocycles. The highest BCUT2D eigenvalue weighted by Gasteiger charge is 2.43. The molecule has 0 unspecified atom stereocenters. The Bertz CT molecular complexity index is 796. The van der Waals surface area contributed by atoms with Crippen LogP contribution >= 0.6 is 0 Å². The minimum Gasteiger partial charge on any atom is -0.460 e. The van der Waals surface area contributed by atoms with Crippen LogP contribution in [-0.4, -0.2) is 17.0 Å². The Morgan fingerprint density at radius 3 is 2.38 bits per heavy atom. The number of nitrogens with zero attached hydrogens (tertiary/aromatic N) is 1. The highest BCUT2D eigenvalue weighted by Crippen LogP contribution is 2.41. The van der Waals surface area contributed by atoms with Crippen LogP contribution in [0, 0.1) is 21.8 Å². The van der Waals surface area contributed by atoms with Crippen molar-refractivity contribution in [3.63, 3.8) is 0 Å². The summed E-state index contributed by atoms with van der Waals surface area (Å²) in [5.74, 6) is -2.65. The monoisotopic (exact) mass is 362 g/mol. The molecule has 2 rings (SSSR count). The normalized spacial score (nSPS) is 17.6. The van der Waals surface area contributed by atoms with Gasteiger partial charge < -0.3 is 10.1 Å². The van der Waals surface area contributed by atoms with Gasteiger partial charge in [0.15, 0.2) is 0 Å². The van der Waals surface area contributed by atoms with E-state index < -0.39 is 28.7 Å². The van der Waals surface area contributed by atoms with Crippen LogP contribution in [0.25, 0.3) is 0 Å². The lowest BCUT2D eigenvalue weighted by Gasteiger charge is -2.29. The molecule has 0 bridgehead atoms. The number of carbonyl (C=O) groups excluding carboxylic acids is 1. The number of nitro groups is 1. The van der Waals surface area contributed by atoms with Gasteiger partial charge >= 0.3 is 5.97 Å². The first-order valence-corrected chi connectivity index (χ1v) is 8.46. The average molecular weight is 362 g/mol. The van der Waals surface area contributed by atoms with E-state index >= 15 is 0 Å². The van der Waals surface area contributed by atoms with E-state index in [0.717, 1.165) is 0 Å². The van der Waals surface area contributed by atoms with E-state index in [-0.39, 0.29) is 22.8 Å². The topological polar surface area (TPSA) is 81.5 Å². The maximum Gasteiger partial charge on any atom is 0.337 e. The second-order valence-corrected chi connectivity index (χ2v) is 6.78. The van der Waals surface area contributed by atoms with Crippen LogP contribution in [0.1, 0.15) is 46.1 Å². The van der Waals surface area contributed by atoms with E-state index in [1.165, 1.54) is 18.2 Å². The summed E-state index contributed by atoms with van der Waals surface area (Å²) in [6.07, 6.45) is -0.404. The lowest BCUT2D eigenvalue weighted by molar-refractivity contribution is -0.431. The van der Waals surface area contributed by atoms with Crippen LogP contribution in [-0.2, 0) is 9.53 Å². The number of carbonyl (C=O) groups is 1. The Kier molecular flexibility index (Phi) is 5.79. The van der Waals surface area contributed by atoms with Gasteiger partial charge in [0.1, 0.15) is 11.7 Å². The number of esters is 1. The summed E-state index contributed by atoms with van der Waals surface area (Å²) in [6.45, 7) is 8.62. The Labute approximate surface area is 151 Å². The second-order valence-electron chi connectivity index (χ2n) is 6.78. The molecule has 0 fully saturated rings. The second kappa shape index (κ2) is 7.68. The highest BCUT2D eigenvalue weighted by atomic mass is 19.1. The summed E-state index contributed by atoms with van der Waals surface area (Å²) in [5, 5.41) is 14.8. The summed E-state index contributed by atoms with van der Waals surface area (Å²) in [6, 6.07) is 5.78. The van der Waals surface area contributed by atoms with E-state index in [4.69, 9.17) is 4.74 Å². The minimum atomic E-state index is -1.14. The van der Waals surface area contributed by atoms with Gasteiger partial charge in [0.2, 0.25) is 0 Å². The Hall–Kier alpha value is -2.70. The third kappa shape index (κ3) is 3.76. The Morgan fingerprint density at radius 1 is 1.27 bits per heavy atom. The number of hydrogen-bond acceptors (Lipinski definition) is 5. The predicted octanol–water partition coefficient (Wildman–Crippen LogP) is 3.88. The molecule has 1 heterocycles. The zero-order valence-corrected chi connectivity index (χ0v) is 15.5. The minimum absolute atomic E-state index is 0.0555. The number of halogens is 1. The van der Waals surface area contributed by atoms with Gasteiger partial charge in [-0.25, -0.2) is 9.18 Å². The summed E-state index contributed by atoms with van der Waals surface area (Å²) < 4.78 is 19.8. The van der Waals surface area contributed by atoms with Crippen molar-refractivity contribution in [2.75, 3.05) is 0 Å². The van der Waals surface area contributed by atoms with Crippen molar-refractivity contribution in [3.8, 4) is 0 Å². The molecule has 0 aliphatic carbocycles. The zero-order valence-electron chi connectivity index (χ0n) is 15.5. The van der Waals surface area contributed by atoms with Crippen LogP contribution in [0.2, 0.25) is 0 Å². The quantitative estimate of drug-likeness (QED) is 0.488. The number of ether oxygens (including phenoxy) is 1. The molecule has 1 aliphatic heterocycles. The molecule has 7 heteroatoms. The van der Waals surface area contributed by atoms with Crippen LogP contribution in [0.4, 0.5) is 4.39 Å². The lowest BCUT2D eigenvalue weighted by Crippen LogP contribution is -2.35. The third-order valence-corrected chi connectivity index (χ3v) is 4.12. The molecule has 140 valence electrons. The Morgan fingerprint density at radius 2 is 1.88 bits per heavy atom. The van der Waals surface area contributed by atoms with Crippen molar-refractivity contribution in [1.82, 2.24) is 5.32 Å². The van der Waals surface area contributed by atoms with E-state index in [1.54, 1.807) is 40.7 Å². The molecule has 0 aromatic heterocycles. The molecule has 0 spiro atoms. The van der Waals surface area contributed by atoms with Crippen LogP contribution in [0.15, 0.2) is 46.9 Å². The third-order valence-electron chi connectivity index (χ3n) is 4.12. The van der Waals surface area contributed by atoms with Crippen molar-refractivity contribution < 1.29 is 18.8 Å². The summed E-state index contributed by atoms with van der Waals surface area (Å²) in [7, 11) is 0. The van der Waals surface area contributed by atoms with Gasteiger partial charge in [0.25, 0.3) is 5.70 Å². The maximum atomic E-state index is 14.5. The van der Waals surface area contributed by atoms with Gasteiger partial charge in [0, 0.05) is 11.3 Å². The van der Waals surface area contributed by atoms with E-state index in [9.17, 15) is 19.3 Å². The molecule has 1 N–H and O–H groups in total. The fourth-order valence-electron chi connectivity index (χ4n) is 3.05. The molecule has 1 aromatic rings. The predicted molar refractivity (Wildman–Crippen MR) is 95.1 cm³/mol. The van der Waals surface area contributed by atoms with Gasteiger partial charge in [-0.05, 0) is 32.8 Å². The molecule has 0 saturated carbocycles. The standard InChI is InChI=1S/C19H23FN2O4/c1-10(2)17-18(22(24)25)16(13-8-6-7-9-14(13)20)15(12(5)21-17)19(23)26-11(3)4/h6-11,16,21H,1-5H3/t16-/m1/s1. The summed E-state index contributed by atoms with van der Waals surface area (Å²) >= 11 is 0. The number of benzene rings is 1. The van der Waals surface area contributed by atoms with Crippen molar-refractivity contribution in [1.29, 1.82) is 0 Å². The van der Waals surface area contributed by atoms with E-state index in [1.807, 2.05) is 0 Å². The van der Waals surface area contributed by atoms with E-state index in [2.05, 4.69) is 5.32 Å². The van der Waals surface area contributed by atoms with Crippen molar-refractivity contribution >= 4 is 5.97 Å². The first-order chi connectivity index (χ1) is 12.1. The van der Waals surface area contributed by atoms with Crippen molar-refractivity contribution in [2.45, 2.75) is 46.6 Å². The molecule has 1 aromatic carbocycles. The molecular weight excluding hydrogens is 339 g/mol. The molecule has 6 nitrogen and oxygen atoms in total. The van der Waals surface area contributed by atoms with Crippen LogP contribution in [0.5, 0.6) is 0 Å². The fraction of sp³-hybridized carbons (Fsp3) is 0.421. The van der Waals surface area contributed by atoms with Crippen LogP contribution < -0.4 is 5.32 Å². The lowest BCUT2D eigenvalue weighted by atomic mass is 9.82. The van der Waals surface area contributed by atoms with Crippen molar-refractivity contribution in [2.24, 2.45) is 5.92 Å². The number of rotatable bonds is 5. The van der Waals surface area contributed by atoms with Gasteiger partial charge in [-0.15, -0.1) is 0 Å². The van der Waals surface area contributed by atoms with Crippen molar-refractivity contribution in [3.05, 3.63) is 68.4 Å². The Balaban J connectivity index is 2.75. The highest BCUT2D eigenvalue weighted by molar-refractivity contribution is 5.92. The molecule has 0 radical (unpaired) electrons. The molecule has 1 aliphatic rings. The summed E-state index contributed by atoms with van der Waals surface area (Å²) in [4.78, 5) is 24.0. The van der Waals surface area contributed by atoms with E-state index in [0.29, 0.717) is 11.4 Å². The molecule has 1 atom stereocenters. The van der Waals surface area contributed by atoms with Gasteiger partial charge in [0.05, 0.1) is 22.3 Å². The smallest absolute Gasteiger partial charge is 0.337 e. The van der Waals surface area contributed by atoms with Gasteiger partial charge in [-0.2, -0.15) is 0 Å². The average Bonchev–Trinajstić information content (AvgIpc) is 2.53. The molecular formula is C19H23FN2O4. The van der Waals surface area contributed by atoms with Crippen LogP contribution in [0.3, 0.4) is 0 Å². The number of hydrogen-bond donors (Lipinski definition) is 1. The molecule has 0 amide bonds. The summed E-state index contributed by atoms with van der Waals surface area (Å²) in [5.41, 5.74) is 0.695. The molecule has 26 heavy (non-hydrogen) atoms. The van der Waals surface area contributed by atoms with Gasteiger partial charge in [-0.1, -0.05) is 32.0 Å². The first-order valence-electron chi connectivity index (χ1n) is 8.46. The number of allylic oxidation sites excluding steroid dienone is 3. The fourth-order valence-corrected chi connectivity index (χ4v) is 3.05. The largest absolute Gasteiger partial charge is 0.460 e. The first kappa shape index (κ1) is 19.6. The number of dihydropyridines is 1.